The molecule has 8 heteroatoms. The van der Waals surface area contributed by atoms with E-state index in [1.807, 2.05) is 6.92 Å². The van der Waals surface area contributed by atoms with E-state index in [1.165, 1.54) is 12.1 Å². The number of ether oxygens (including phenoxy) is 2. The monoisotopic (exact) mass is 472 g/mol. The lowest BCUT2D eigenvalue weighted by Crippen LogP contribution is -2.33. The van der Waals surface area contributed by atoms with Crippen molar-refractivity contribution in [1.29, 1.82) is 0 Å². The highest BCUT2D eigenvalue weighted by Crippen LogP contribution is 2.47. The number of benzene rings is 2. The standard InChI is InChI=1S/C25H26F6O2/c1-2-32-19-7-5-15-9-14(3-4-16(15)10-19)17-6-8-20(21(26)11-17)18-12-22(27)24(23(28)13-18)33-25(29,30)31/h6,8,11-16,19H,2-5,7,9-10H2,1H3. The summed E-state index contributed by atoms with van der Waals surface area (Å²) < 4.78 is 89.3. The van der Waals surface area contributed by atoms with Crippen molar-refractivity contribution < 1.29 is 35.8 Å². The molecule has 2 fully saturated rings. The van der Waals surface area contributed by atoms with Crippen LogP contribution in [0, 0.1) is 29.3 Å². The first kappa shape index (κ1) is 23.9. The van der Waals surface area contributed by atoms with Crippen molar-refractivity contribution in [3.63, 3.8) is 0 Å². The van der Waals surface area contributed by atoms with Crippen molar-refractivity contribution in [3.8, 4) is 16.9 Å². The summed E-state index contributed by atoms with van der Waals surface area (Å²) in [5, 5.41) is 0. The molecule has 0 amide bonds. The number of hydrogen-bond donors (Lipinski definition) is 0. The molecule has 0 spiro atoms. The molecule has 0 heterocycles. The Labute approximate surface area is 188 Å². The molecule has 2 saturated carbocycles. The van der Waals surface area contributed by atoms with E-state index in [1.54, 1.807) is 6.07 Å². The van der Waals surface area contributed by atoms with E-state index in [2.05, 4.69) is 4.74 Å². The van der Waals surface area contributed by atoms with Crippen LogP contribution in [0.2, 0.25) is 0 Å². The Hall–Kier alpha value is -2.22. The van der Waals surface area contributed by atoms with Gasteiger partial charge in [0.2, 0.25) is 5.75 Å². The van der Waals surface area contributed by atoms with Gasteiger partial charge in [-0.25, -0.2) is 13.2 Å². The summed E-state index contributed by atoms with van der Waals surface area (Å²) in [6.07, 6.45) is 1.26. The fraction of sp³-hybridized carbons (Fsp3) is 0.520. The Morgan fingerprint density at radius 1 is 0.848 bits per heavy atom. The molecular weight excluding hydrogens is 446 g/mol. The summed E-state index contributed by atoms with van der Waals surface area (Å²) in [4.78, 5) is 0. The predicted molar refractivity (Wildman–Crippen MR) is 111 cm³/mol. The maximum Gasteiger partial charge on any atom is 0.573 e. The minimum absolute atomic E-state index is 0.0824. The first-order chi connectivity index (χ1) is 15.6. The third-order valence-corrected chi connectivity index (χ3v) is 6.96. The fourth-order valence-electron chi connectivity index (χ4n) is 5.48. The van der Waals surface area contributed by atoms with Crippen LogP contribution in [-0.2, 0) is 4.74 Å². The number of alkyl halides is 3. The summed E-state index contributed by atoms with van der Waals surface area (Å²) in [5.41, 5.74) is 0.558. The average Bonchev–Trinajstić information content (AvgIpc) is 2.75. The van der Waals surface area contributed by atoms with Crippen LogP contribution >= 0.6 is 0 Å². The lowest BCUT2D eigenvalue weighted by Gasteiger charge is -2.42. The molecule has 2 aromatic rings. The Bertz CT molecular complexity index is 966. The Morgan fingerprint density at radius 2 is 1.52 bits per heavy atom. The molecule has 33 heavy (non-hydrogen) atoms. The number of fused-ring (bicyclic) bond motifs is 1. The number of hydrogen-bond acceptors (Lipinski definition) is 2. The highest BCUT2D eigenvalue weighted by Gasteiger charge is 2.37. The van der Waals surface area contributed by atoms with Crippen molar-refractivity contribution in [2.75, 3.05) is 6.61 Å². The second-order valence-corrected chi connectivity index (χ2v) is 8.98. The van der Waals surface area contributed by atoms with E-state index in [4.69, 9.17) is 4.74 Å². The van der Waals surface area contributed by atoms with Crippen LogP contribution in [0.5, 0.6) is 5.75 Å². The van der Waals surface area contributed by atoms with Crippen molar-refractivity contribution in [2.45, 2.75) is 63.8 Å². The molecule has 2 aromatic carbocycles. The van der Waals surface area contributed by atoms with Gasteiger partial charge < -0.3 is 9.47 Å². The fourth-order valence-corrected chi connectivity index (χ4v) is 5.48. The highest BCUT2D eigenvalue weighted by atomic mass is 19.4. The van der Waals surface area contributed by atoms with Crippen LogP contribution in [0.3, 0.4) is 0 Å². The largest absolute Gasteiger partial charge is 0.573 e. The third-order valence-electron chi connectivity index (χ3n) is 6.96. The van der Waals surface area contributed by atoms with Gasteiger partial charge in [-0.2, -0.15) is 0 Å². The van der Waals surface area contributed by atoms with Crippen LogP contribution in [0.1, 0.15) is 56.9 Å². The lowest BCUT2D eigenvalue weighted by atomic mass is 9.65. The van der Waals surface area contributed by atoms with Crippen molar-refractivity contribution in [3.05, 3.63) is 53.3 Å². The van der Waals surface area contributed by atoms with Gasteiger partial charge in [-0.3, -0.25) is 0 Å². The summed E-state index contributed by atoms with van der Waals surface area (Å²) in [7, 11) is 0. The van der Waals surface area contributed by atoms with Crippen LogP contribution in [0.15, 0.2) is 30.3 Å². The molecular formula is C25H26F6O2. The quantitative estimate of drug-likeness (QED) is 0.414. The van der Waals surface area contributed by atoms with Crippen LogP contribution in [0.4, 0.5) is 26.3 Å². The van der Waals surface area contributed by atoms with Gasteiger partial charge in [0.05, 0.1) is 6.10 Å². The molecule has 4 rings (SSSR count). The molecule has 0 radical (unpaired) electrons. The van der Waals surface area contributed by atoms with Gasteiger partial charge in [0.25, 0.3) is 0 Å². The molecule has 4 atom stereocenters. The Balaban J connectivity index is 1.49. The minimum atomic E-state index is -5.24. The van der Waals surface area contributed by atoms with Crippen LogP contribution in [-0.4, -0.2) is 19.1 Å². The van der Waals surface area contributed by atoms with Gasteiger partial charge in [0, 0.05) is 12.2 Å². The van der Waals surface area contributed by atoms with Gasteiger partial charge in [-0.15, -0.1) is 13.2 Å². The highest BCUT2D eigenvalue weighted by molar-refractivity contribution is 5.66. The van der Waals surface area contributed by atoms with E-state index in [-0.39, 0.29) is 17.0 Å². The van der Waals surface area contributed by atoms with Gasteiger partial charge >= 0.3 is 6.36 Å². The topological polar surface area (TPSA) is 18.5 Å². The van der Waals surface area contributed by atoms with E-state index in [0.717, 1.165) is 50.7 Å². The van der Waals surface area contributed by atoms with E-state index in [0.29, 0.717) is 30.1 Å². The predicted octanol–water partition coefficient (Wildman–Crippen LogP) is 7.76. The molecule has 0 aliphatic heterocycles. The maximum absolute atomic E-state index is 14.9. The lowest BCUT2D eigenvalue weighted by molar-refractivity contribution is -0.276. The Morgan fingerprint density at radius 3 is 2.15 bits per heavy atom. The molecule has 0 aromatic heterocycles. The first-order valence-corrected chi connectivity index (χ1v) is 11.3. The van der Waals surface area contributed by atoms with E-state index >= 15 is 0 Å². The van der Waals surface area contributed by atoms with Crippen LogP contribution < -0.4 is 4.74 Å². The SMILES string of the molecule is CCOC1CCC2CC(c3ccc(-c4cc(F)c(OC(F)(F)F)c(F)c4)c(F)c3)CCC2C1. The summed E-state index contributed by atoms with van der Waals surface area (Å²) in [6, 6.07) is 5.84. The molecule has 2 aliphatic rings. The van der Waals surface area contributed by atoms with Gasteiger partial charge in [0.1, 0.15) is 5.82 Å². The van der Waals surface area contributed by atoms with Gasteiger partial charge in [-0.1, -0.05) is 12.1 Å². The van der Waals surface area contributed by atoms with E-state index in [9.17, 15) is 26.3 Å². The second kappa shape index (κ2) is 9.57. The van der Waals surface area contributed by atoms with Crippen molar-refractivity contribution in [1.82, 2.24) is 0 Å². The maximum atomic E-state index is 14.9. The average molecular weight is 472 g/mol. The van der Waals surface area contributed by atoms with Crippen LogP contribution in [0.25, 0.3) is 11.1 Å². The molecule has 4 unspecified atom stereocenters. The number of halogens is 6. The van der Waals surface area contributed by atoms with E-state index < -0.39 is 29.6 Å². The normalized spacial score (nSPS) is 25.5. The molecule has 0 N–H and O–H groups in total. The van der Waals surface area contributed by atoms with Gasteiger partial charge in [0.15, 0.2) is 11.6 Å². The molecule has 2 nitrogen and oxygen atoms in total. The van der Waals surface area contributed by atoms with Crippen molar-refractivity contribution in [2.24, 2.45) is 11.8 Å². The second-order valence-electron chi connectivity index (χ2n) is 8.98. The van der Waals surface area contributed by atoms with Crippen molar-refractivity contribution >= 4 is 0 Å². The number of rotatable bonds is 5. The molecule has 0 bridgehead atoms. The molecule has 180 valence electrons. The summed E-state index contributed by atoms with van der Waals surface area (Å²) in [6.45, 7) is 2.73. The zero-order valence-electron chi connectivity index (χ0n) is 18.2. The third kappa shape index (κ3) is 5.48. The zero-order chi connectivity index (χ0) is 23.8. The minimum Gasteiger partial charge on any atom is -0.399 e. The summed E-state index contributed by atoms with van der Waals surface area (Å²) >= 11 is 0. The first-order valence-electron chi connectivity index (χ1n) is 11.3. The summed E-state index contributed by atoms with van der Waals surface area (Å²) in [5.74, 6) is -3.92. The van der Waals surface area contributed by atoms with Gasteiger partial charge in [-0.05, 0) is 92.5 Å². The molecule has 0 saturated heterocycles. The smallest absolute Gasteiger partial charge is 0.399 e. The Kier molecular flexibility index (Phi) is 6.93. The zero-order valence-corrected chi connectivity index (χ0v) is 18.2. The molecule has 2 aliphatic carbocycles.